The minimum Gasteiger partial charge on any atom is -0.493 e. The van der Waals surface area contributed by atoms with Crippen LogP contribution in [-0.2, 0) is 26.2 Å². The highest BCUT2D eigenvalue weighted by atomic mass is 16.6. The number of likely N-dealkylation sites (N-methyl/N-ethyl adjacent to an activating group) is 1. The lowest BCUT2D eigenvalue weighted by Crippen LogP contribution is -2.60. The third-order valence-electron chi connectivity index (χ3n) is 6.69. The Morgan fingerprint density at radius 3 is 2.75 bits per heavy atom. The third-order valence-corrected chi connectivity index (χ3v) is 6.69. The molecule has 2 aliphatic carbocycles. The molecule has 1 aromatic carbocycles. The summed E-state index contributed by atoms with van der Waals surface area (Å²) in [5.74, 6) is 1.30. The maximum absolute atomic E-state index is 12.9. The number of fused-ring (bicyclic) bond motifs is 1. The molecule has 0 spiro atoms. The minimum absolute atomic E-state index is 0.00508. The molecule has 1 aliphatic heterocycles. The molecule has 1 heterocycles. The minimum atomic E-state index is -0.401. The number of esters is 1. The number of likely N-dealkylation sites (tertiary alicyclic amines) is 1. The number of carbonyl (C=O) groups is 2. The quantitative estimate of drug-likeness (QED) is 0.586. The Morgan fingerprint density at radius 1 is 1.29 bits per heavy atom. The Bertz CT molecular complexity index is 861. The predicted molar refractivity (Wildman–Crippen MR) is 104 cm³/mol. The van der Waals surface area contributed by atoms with Crippen molar-refractivity contribution in [1.82, 2.24) is 4.90 Å². The first-order chi connectivity index (χ1) is 13.4. The molecular formula is C22H27NO5. The summed E-state index contributed by atoms with van der Waals surface area (Å²) in [7, 11) is 5.27. The summed E-state index contributed by atoms with van der Waals surface area (Å²) in [6.07, 6.45) is 4.29. The summed E-state index contributed by atoms with van der Waals surface area (Å²) in [6.45, 7) is 2.66. The van der Waals surface area contributed by atoms with Crippen LogP contribution < -0.4 is 9.47 Å². The molecule has 6 nitrogen and oxygen atoms in total. The van der Waals surface area contributed by atoms with Crippen LogP contribution in [0, 0.1) is 5.92 Å². The maximum atomic E-state index is 12.9. The standard InChI is InChI=1S/C22H27NO5/c1-5-19(25)28-21-17(26-3)7-6-13-10-15-14-11-18(27-4)16(24)12-22(14,20(13)21)8-9-23(15)2/h6-7,11,14-15H,5,8-10,12H2,1-4H3/t14-,15+,22-/m0/s1. The van der Waals surface area contributed by atoms with Gasteiger partial charge in [-0.3, -0.25) is 9.59 Å². The number of rotatable bonds is 4. The molecule has 0 N–H and O–H groups in total. The zero-order valence-electron chi connectivity index (χ0n) is 16.9. The molecular weight excluding hydrogens is 358 g/mol. The van der Waals surface area contributed by atoms with Crippen LogP contribution in [0.4, 0.5) is 0 Å². The van der Waals surface area contributed by atoms with Crippen molar-refractivity contribution in [2.24, 2.45) is 5.92 Å². The van der Waals surface area contributed by atoms with Gasteiger partial charge in [0.05, 0.1) is 14.2 Å². The van der Waals surface area contributed by atoms with E-state index in [2.05, 4.69) is 18.0 Å². The van der Waals surface area contributed by atoms with Crippen molar-refractivity contribution >= 4 is 11.8 Å². The number of ketones is 1. The molecule has 28 heavy (non-hydrogen) atoms. The summed E-state index contributed by atoms with van der Waals surface area (Å²) in [6, 6.07) is 4.20. The molecule has 0 unspecified atom stereocenters. The van der Waals surface area contributed by atoms with Crippen molar-refractivity contribution in [3.8, 4) is 11.5 Å². The molecule has 4 rings (SSSR count). The number of piperidine rings is 1. The average Bonchev–Trinajstić information content (AvgIpc) is 2.69. The van der Waals surface area contributed by atoms with Crippen molar-refractivity contribution < 1.29 is 23.8 Å². The largest absolute Gasteiger partial charge is 0.493 e. The molecule has 3 aliphatic rings. The van der Waals surface area contributed by atoms with Crippen molar-refractivity contribution in [2.75, 3.05) is 27.8 Å². The molecule has 0 aromatic heterocycles. The first kappa shape index (κ1) is 19.0. The number of benzene rings is 1. The molecule has 1 fully saturated rings. The number of allylic oxidation sites excluding steroid dienone is 1. The van der Waals surface area contributed by atoms with Gasteiger partial charge >= 0.3 is 5.97 Å². The molecule has 1 aromatic rings. The van der Waals surface area contributed by atoms with Crippen molar-refractivity contribution in [3.05, 3.63) is 35.1 Å². The van der Waals surface area contributed by atoms with E-state index in [1.165, 1.54) is 0 Å². The van der Waals surface area contributed by atoms with Crippen LogP contribution in [0.1, 0.15) is 37.3 Å². The van der Waals surface area contributed by atoms with Crippen LogP contribution in [0.3, 0.4) is 0 Å². The Morgan fingerprint density at radius 2 is 2.07 bits per heavy atom. The first-order valence-corrected chi connectivity index (χ1v) is 9.85. The summed E-state index contributed by atoms with van der Waals surface area (Å²) >= 11 is 0. The van der Waals surface area contributed by atoms with E-state index in [9.17, 15) is 9.59 Å². The van der Waals surface area contributed by atoms with Crippen LogP contribution in [0.2, 0.25) is 0 Å². The molecule has 6 heteroatoms. The maximum Gasteiger partial charge on any atom is 0.311 e. The van der Waals surface area contributed by atoms with Gasteiger partial charge in [-0.1, -0.05) is 13.0 Å². The lowest BCUT2D eigenvalue weighted by molar-refractivity contribution is -0.134. The molecule has 2 bridgehead atoms. The second-order valence-corrected chi connectivity index (χ2v) is 7.98. The first-order valence-electron chi connectivity index (χ1n) is 9.85. The zero-order chi connectivity index (χ0) is 20.1. The van der Waals surface area contributed by atoms with E-state index >= 15 is 0 Å². The molecule has 0 amide bonds. The lowest BCUT2D eigenvalue weighted by atomic mass is 9.53. The normalized spacial score (nSPS) is 28.7. The SMILES string of the molecule is CCC(=O)Oc1c(OC)ccc2c1[C@]13CCN(C)[C@H](C2)[C@@H]1C=C(OC)C(=O)C3. The number of methoxy groups -OCH3 is 2. The molecule has 150 valence electrons. The topological polar surface area (TPSA) is 65.1 Å². The Kier molecular flexibility index (Phi) is 4.70. The van der Waals surface area contributed by atoms with Gasteiger partial charge in [0, 0.05) is 35.8 Å². The summed E-state index contributed by atoms with van der Waals surface area (Å²) in [4.78, 5) is 27.4. The highest BCUT2D eigenvalue weighted by Gasteiger charge is 2.56. The molecule has 1 saturated heterocycles. The van der Waals surface area contributed by atoms with E-state index in [1.807, 2.05) is 12.1 Å². The molecule has 0 radical (unpaired) electrons. The summed E-state index contributed by atoms with van der Waals surface area (Å²) < 4.78 is 16.7. The van der Waals surface area contributed by atoms with Gasteiger partial charge in [-0.25, -0.2) is 0 Å². The number of carbonyl (C=O) groups excluding carboxylic acids is 2. The van der Waals surface area contributed by atoms with Gasteiger partial charge in [0.25, 0.3) is 0 Å². The van der Waals surface area contributed by atoms with E-state index in [1.54, 1.807) is 21.1 Å². The van der Waals surface area contributed by atoms with Crippen molar-refractivity contribution in [1.29, 1.82) is 0 Å². The van der Waals surface area contributed by atoms with Gasteiger partial charge in [0.15, 0.2) is 23.0 Å². The Balaban J connectivity index is 1.96. The van der Waals surface area contributed by atoms with Gasteiger partial charge in [0.1, 0.15) is 0 Å². The summed E-state index contributed by atoms with van der Waals surface area (Å²) in [5, 5.41) is 0. The number of hydrogen-bond acceptors (Lipinski definition) is 6. The third kappa shape index (κ3) is 2.65. The highest BCUT2D eigenvalue weighted by molar-refractivity contribution is 5.96. The molecule has 3 atom stereocenters. The number of Topliss-reactive ketones (excluding diaryl/α,β-unsaturated/α-hetero) is 1. The predicted octanol–water partition coefficient (Wildman–Crippen LogP) is 2.63. The lowest BCUT2D eigenvalue weighted by Gasteiger charge is -2.56. The Labute approximate surface area is 165 Å². The van der Waals surface area contributed by atoms with E-state index < -0.39 is 5.41 Å². The van der Waals surface area contributed by atoms with Crippen LogP contribution in [0.5, 0.6) is 11.5 Å². The van der Waals surface area contributed by atoms with Gasteiger partial charge in [0.2, 0.25) is 0 Å². The average molecular weight is 385 g/mol. The number of hydrogen-bond donors (Lipinski definition) is 0. The van der Waals surface area contributed by atoms with E-state index in [4.69, 9.17) is 14.2 Å². The smallest absolute Gasteiger partial charge is 0.311 e. The second kappa shape index (κ2) is 6.92. The van der Waals surface area contributed by atoms with Crippen molar-refractivity contribution in [2.45, 2.75) is 44.1 Å². The van der Waals surface area contributed by atoms with E-state index in [0.29, 0.717) is 23.7 Å². The van der Waals surface area contributed by atoms with E-state index in [-0.39, 0.29) is 30.1 Å². The Hall–Kier alpha value is -2.34. The highest BCUT2D eigenvalue weighted by Crippen LogP contribution is 2.58. The fraction of sp³-hybridized carbons (Fsp3) is 0.545. The zero-order valence-corrected chi connectivity index (χ0v) is 16.9. The fourth-order valence-corrected chi connectivity index (χ4v) is 5.30. The van der Waals surface area contributed by atoms with Crippen LogP contribution in [0.15, 0.2) is 24.0 Å². The fourth-order valence-electron chi connectivity index (χ4n) is 5.30. The summed E-state index contributed by atoms with van der Waals surface area (Å²) in [5.41, 5.74) is 1.71. The molecule has 0 saturated carbocycles. The van der Waals surface area contributed by atoms with Crippen LogP contribution in [0.25, 0.3) is 0 Å². The van der Waals surface area contributed by atoms with E-state index in [0.717, 1.165) is 30.5 Å². The number of ether oxygens (including phenoxy) is 3. The van der Waals surface area contributed by atoms with Crippen molar-refractivity contribution in [3.63, 3.8) is 0 Å². The van der Waals surface area contributed by atoms with Crippen LogP contribution in [-0.4, -0.2) is 50.5 Å². The number of nitrogens with zero attached hydrogens (tertiary/aromatic N) is 1. The second-order valence-electron chi connectivity index (χ2n) is 7.98. The monoisotopic (exact) mass is 385 g/mol. The van der Waals surface area contributed by atoms with Crippen LogP contribution >= 0.6 is 0 Å². The van der Waals surface area contributed by atoms with Gasteiger partial charge in [-0.05, 0) is 44.1 Å². The van der Waals surface area contributed by atoms with Gasteiger partial charge < -0.3 is 19.1 Å². The van der Waals surface area contributed by atoms with Gasteiger partial charge in [-0.2, -0.15) is 0 Å². The van der Waals surface area contributed by atoms with Gasteiger partial charge in [-0.15, -0.1) is 0 Å².